The maximum absolute atomic E-state index is 3.64. The number of hydrogen-bond donors (Lipinski definition) is 1. The van der Waals surface area contributed by atoms with Gasteiger partial charge in [-0.2, -0.15) is 0 Å². The van der Waals surface area contributed by atoms with E-state index in [2.05, 4.69) is 70.8 Å². The molecule has 0 aliphatic carbocycles. The Bertz CT molecular complexity index is 504. The second kappa shape index (κ2) is 7.22. The summed E-state index contributed by atoms with van der Waals surface area (Å²) in [5, 5.41) is 5.79. The van der Waals surface area contributed by atoms with Crippen LogP contribution in [0, 0.1) is 0 Å². The smallest absolute Gasteiger partial charge is 0.0671 e. The molecule has 1 aromatic heterocycles. The van der Waals surface area contributed by atoms with E-state index in [9.17, 15) is 0 Å². The normalized spacial score (nSPS) is 12.6. The van der Waals surface area contributed by atoms with Crippen LogP contribution >= 0.6 is 27.3 Å². The summed E-state index contributed by atoms with van der Waals surface area (Å²) in [5.74, 6) is 0. The summed E-state index contributed by atoms with van der Waals surface area (Å²) < 4.78 is 1.17. The third-order valence-electron chi connectivity index (χ3n) is 3.19. The van der Waals surface area contributed by atoms with Crippen LogP contribution in [-0.2, 0) is 6.42 Å². The fourth-order valence-corrected chi connectivity index (χ4v) is 3.64. The van der Waals surface area contributed by atoms with Crippen molar-refractivity contribution in [1.82, 2.24) is 5.32 Å². The van der Waals surface area contributed by atoms with E-state index in [1.807, 2.05) is 0 Å². The maximum Gasteiger partial charge on any atom is 0.0671 e. The Kier molecular flexibility index (Phi) is 5.61. The van der Waals surface area contributed by atoms with Crippen LogP contribution in [0.15, 0.2) is 40.2 Å². The van der Waals surface area contributed by atoms with Crippen molar-refractivity contribution in [2.45, 2.75) is 32.7 Å². The number of nitrogens with one attached hydrogen (secondary N) is 1. The third kappa shape index (κ3) is 3.91. The van der Waals surface area contributed by atoms with Gasteiger partial charge in [-0.3, -0.25) is 0 Å². The van der Waals surface area contributed by atoms with Gasteiger partial charge in [-0.25, -0.2) is 0 Å². The van der Waals surface area contributed by atoms with Crippen molar-refractivity contribution in [2.24, 2.45) is 0 Å². The van der Waals surface area contributed by atoms with Gasteiger partial charge in [-0.1, -0.05) is 38.1 Å². The van der Waals surface area contributed by atoms with E-state index in [-0.39, 0.29) is 0 Å². The lowest BCUT2D eigenvalue weighted by Gasteiger charge is -2.18. The molecule has 3 heteroatoms. The van der Waals surface area contributed by atoms with E-state index in [1.165, 1.54) is 20.5 Å². The zero-order chi connectivity index (χ0) is 13.7. The fraction of sp³-hybridized carbons (Fsp3) is 0.375. The molecule has 0 radical (unpaired) electrons. The van der Waals surface area contributed by atoms with Gasteiger partial charge in [0.15, 0.2) is 0 Å². The van der Waals surface area contributed by atoms with Gasteiger partial charge < -0.3 is 5.32 Å². The van der Waals surface area contributed by atoms with Crippen molar-refractivity contribution in [3.8, 4) is 0 Å². The van der Waals surface area contributed by atoms with Gasteiger partial charge in [0.25, 0.3) is 0 Å². The van der Waals surface area contributed by atoms with Crippen LogP contribution in [0.5, 0.6) is 0 Å². The first-order valence-corrected chi connectivity index (χ1v) is 8.48. The van der Waals surface area contributed by atoms with Gasteiger partial charge in [-0.15, -0.1) is 11.3 Å². The predicted molar refractivity (Wildman–Crippen MR) is 88.0 cm³/mol. The minimum Gasteiger partial charge on any atom is -0.306 e. The molecule has 0 bridgehead atoms. The second-order valence-corrected chi connectivity index (χ2v) is 6.51. The van der Waals surface area contributed by atoms with Crippen molar-refractivity contribution in [2.75, 3.05) is 6.54 Å². The summed E-state index contributed by atoms with van der Waals surface area (Å²) in [7, 11) is 0. The highest BCUT2D eigenvalue weighted by atomic mass is 79.9. The molecule has 0 spiro atoms. The highest BCUT2D eigenvalue weighted by molar-refractivity contribution is 9.10. The van der Waals surface area contributed by atoms with Crippen molar-refractivity contribution in [1.29, 1.82) is 0 Å². The zero-order valence-corrected chi connectivity index (χ0v) is 13.9. The van der Waals surface area contributed by atoms with Crippen molar-refractivity contribution in [3.63, 3.8) is 0 Å². The Hall–Kier alpha value is -0.640. The number of halogens is 1. The largest absolute Gasteiger partial charge is 0.306 e. The third-order valence-corrected chi connectivity index (χ3v) is 4.95. The zero-order valence-electron chi connectivity index (χ0n) is 11.4. The van der Waals surface area contributed by atoms with E-state index >= 15 is 0 Å². The Morgan fingerprint density at radius 2 is 1.95 bits per heavy atom. The first kappa shape index (κ1) is 14.8. The summed E-state index contributed by atoms with van der Waals surface area (Å²) >= 11 is 5.35. The van der Waals surface area contributed by atoms with Crippen LogP contribution in [0.3, 0.4) is 0 Å². The first-order valence-electron chi connectivity index (χ1n) is 6.80. The molecule has 1 aromatic carbocycles. The molecule has 102 valence electrons. The SMILES string of the molecule is CCCNC(c1ccc(CC)cc1)c1cc(Br)cs1. The van der Waals surface area contributed by atoms with Gasteiger partial charge in [0.2, 0.25) is 0 Å². The number of rotatable bonds is 6. The van der Waals surface area contributed by atoms with Crippen LogP contribution in [0.25, 0.3) is 0 Å². The number of benzene rings is 1. The number of hydrogen-bond acceptors (Lipinski definition) is 2. The molecule has 1 atom stereocenters. The maximum atomic E-state index is 3.64. The molecule has 1 nitrogen and oxygen atoms in total. The number of thiophene rings is 1. The summed E-state index contributed by atoms with van der Waals surface area (Å²) in [6.07, 6.45) is 2.24. The molecule has 1 N–H and O–H groups in total. The van der Waals surface area contributed by atoms with Crippen LogP contribution < -0.4 is 5.32 Å². The molecule has 1 unspecified atom stereocenters. The molecular weight excluding hydrogens is 318 g/mol. The molecule has 0 saturated heterocycles. The predicted octanol–water partition coefficient (Wildman–Crippen LogP) is 5.16. The molecular formula is C16H20BrNS. The second-order valence-electron chi connectivity index (χ2n) is 4.65. The Morgan fingerprint density at radius 3 is 2.47 bits per heavy atom. The Morgan fingerprint density at radius 1 is 1.21 bits per heavy atom. The summed E-state index contributed by atoms with van der Waals surface area (Å²) in [5.41, 5.74) is 2.74. The summed E-state index contributed by atoms with van der Waals surface area (Å²) in [6.45, 7) is 5.43. The Labute approximate surface area is 128 Å². The lowest BCUT2D eigenvalue weighted by atomic mass is 10.0. The van der Waals surface area contributed by atoms with Crippen LogP contribution in [-0.4, -0.2) is 6.54 Å². The lowest BCUT2D eigenvalue weighted by molar-refractivity contribution is 0.605. The monoisotopic (exact) mass is 337 g/mol. The summed E-state index contributed by atoms with van der Waals surface area (Å²) in [4.78, 5) is 1.37. The van der Waals surface area contributed by atoms with Crippen LogP contribution in [0.2, 0.25) is 0 Å². The van der Waals surface area contributed by atoms with E-state index in [0.29, 0.717) is 6.04 Å². The standard InChI is InChI=1S/C16H20BrNS/c1-3-9-18-16(15-10-14(17)11-19-15)13-7-5-12(4-2)6-8-13/h5-8,10-11,16,18H,3-4,9H2,1-2H3. The van der Waals surface area contributed by atoms with Crippen LogP contribution in [0.1, 0.15) is 42.3 Å². The lowest BCUT2D eigenvalue weighted by Crippen LogP contribution is -2.22. The fourth-order valence-electron chi connectivity index (χ4n) is 2.10. The van der Waals surface area contributed by atoms with Crippen molar-refractivity contribution < 1.29 is 0 Å². The number of aryl methyl sites for hydroxylation is 1. The molecule has 0 aliphatic rings. The van der Waals surface area contributed by atoms with E-state index in [1.54, 1.807) is 11.3 Å². The quantitative estimate of drug-likeness (QED) is 0.767. The molecule has 2 aromatic rings. The van der Waals surface area contributed by atoms with E-state index < -0.39 is 0 Å². The van der Waals surface area contributed by atoms with Crippen molar-refractivity contribution >= 4 is 27.3 Å². The minimum absolute atomic E-state index is 0.308. The van der Waals surface area contributed by atoms with Gasteiger partial charge >= 0.3 is 0 Å². The van der Waals surface area contributed by atoms with Crippen LogP contribution in [0.4, 0.5) is 0 Å². The summed E-state index contributed by atoms with van der Waals surface area (Å²) in [6, 6.07) is 11.5. The van der Waals surface area contributed by atoms with E-state index in [4.69, 9.17) is 0 Å². The average Bonchev–Trinajstić information content (AvgIpc) is 2.86. The molecule has 0 fully saturated rings. The molecule has 0 saturated carbocycles. The topological polar surface area (TPSA) is 12.0 Å². The molecule has 0 aliphatic heterocycles. The molecule has 0 amide bonds. The van der Waals surface area contributed by atoms with Gasteiger partial charge in [0, 0.05) is 14.7 Å². The van der Waals surface area contributed by atoms with Gasteiger partial charge in [0.05, 0.1) is 6.04 Å². The Balaban J connectivity index is 2.25. The van der Waals surface area contributed by atoms with E-state index in [0.717, 1.165) is 19.4 Å². The first-order chi connectivity index (χ1) is 9.24. The van der Waals surface area contributed by atoms with Crippen molar-refractivity contribution in [3.05, 3.63) is 56.2 Å². The highest BCUT2D eigenvalue weighted by Crippen LogP contribution is 2.30. The van der Waals surface area contributed by atoms with Gasteiger partial charge in [0.1, 0.15) is 0 Å². The molecule has 1 heterocycles. The highest BCUT2D eigenvalue weighted by Gasteiger charge is 2.15. The molecule has 19 heavy (non-hydrogen) atoms. The average molecular weight is 338 g/mol. The molecule has 2 rings (SSSR count). The minimum atomic E-state index is 0.308. The van der Waals surface area contributed by atoms with Gasteiger partial charge in [-0.05, 0) is 52.5 Å².